The molecule has 0 aliphatic heterocycles. The van der Waals surface area contributed by atoms with Gasteiger partial charge in [0.2, 0.25) is 0 Å². The van der Waals surface area contributed by atoms with Crippen molar-refractivity contribution >= 4 is 23.5 Å². The van der Waals surface area contributed by atoms with Gasteiger partial charge in [-0.1, -0.05) is 0 Å². The summed E-state index contributed by atoms with van der Waals surface area (Å²) in [4.78, 5) is 48.6. The quantitative estimate of drug-likeness (QED) is 0.272. The second-order valence-corrected chi connectivity index (χ2v) is 5.49. The van der Waals surface area contributed by atoms with Gasteiger partial charge in [0.05, 0.1) is 15.6 Å². The summed E-state index contributed by atoms with van der Waals surface area (Å²) in [6.45, 7) is 0. The van der Waals surface area contributed by atoms with E-state index in [1.165, 1.54) is 0 Å². The Morgan fingerprint density at radius 3 is 0.667 bits per heavy atom. The van der Waals surface area contributed by atoms with Crippen molar-refractivity contribution in [3.63, 3.8) is 0 Å². The average molecular weight is 476 g/mol. The molecule has 0 spiro atoms. The molecule has 0 aromatic carbocycles. The zero-order valence-electron chi connectivity index (χ0n) is 13.4. The Balaban J connectivity index is -0.0000000131. The first kappa shape index (κ1) is 78.5. The van der Waals surface area contributed by atoms with Crippen LogP contribution in [-0.4, -0.2) is 32.9 Å². The average Bonchev–Trinajstić information content (AvgIpc) is 1.43. The predicted molar refractivity (Wildman–Crippen MR) is 46.7 cm³/mol. The molecule has 0 aromatic heterocycles. The van der Waals surface area contributed by atoms with Crippen LogP contribution in [0.1, 0.15) is 0 Å². The van der Waals surface area contributed by atoms with E-state index in [1.54, 1.807) is 0 Å². The maximum Gasteiger partial charge on any atom is 1.00 e. The summed E-state index contributed by atoms with van der Waals surface area (Å²) in [5.74, 6) is 0. The van der Waals surface area contributed by atoms with E-state index in [1.807, 2.05) is 0 Å². The topological polar surface area (TPSA) is 374 Å². The van der Waals surface area contributed by atoms with Gasteiger partial charge in [-0.15, -0.1) is 0 Å². The monoisotopic (exact) mass is 476 g/mol. The third kappa shape index (κ3) is 63.1. The molecule has 0 aliphatic rings. The molecule has 0 atom stereocenters. The Morgan fingerprint density at radius 1 is 0.458 bits per heavy atom. The van der Waals surface area contributed by atoms with Gasteiger partial charge in [0.1, 0.15) is 0 Å². The first-order valence-corrected chi connectivity index (χ1v) is 6.57. The van der Waals surface area contributed by atoms with Crippen molar-refractivity contribution in [1.29, 1.82) is 0 Å². The van der Waals surface area contributed by atoms with Crippen LogP contribution in [-0.2, 0) is 22.3 Å². The first-order chi connectivity index (χ1) is 5.41. The van der Waals surface area contributed by atoms with Crippen LogP contribution in [0.25, 0.3) is 0 Å². The van der Waals surface area contributed by atoms with E-state index in [9.17, 15) is 38.2 Å². The molecular formula is H12Na5O16P3. The molecule has 16 nitrogen and oxygen atoms in total. The molecule has 12 N–H and O–H groups in total. The van der Waals surface area contributed by atoms with Crippen LogP contribution in [0.5, 0.6) is 0 Å². The minimum absolute atomic E-state index is 0. The zero-order valence-corrected chi connectivity index (χ0v) is 26.1. The fourth-order valence-electron chi connectivity index (χ4n) is 0.260. The number of hydrogen-bond donors (Lipinski definition) is 0. The molecule has 128 valence electrons. The minimum atomic E-state index is -5.97. The number of hydrogen-bond acceptors (Lipinski definition) is 10. The summed E-state index contributed by atoms with van der Waals surface area (Å²) < 4.78 is 34.7. The Kier molecular flexibility index (Phi) is 107. The second kappa shape index (κ2) is 32.8. The van der Waals surface area contributed by atoms with Crippen molar-refractivity contribution in [2.24, 2.45) is 0 Å². The molecule has 0 fully saturated rings. The largest absolute Gasteiger partial charge is 1.00 e. The molecule has 0 heterocycles. The molecule has 24 heteroatoms. The van der Waals surface area contributed by atoms with Crippen molar-refractivity contribution in [3.8, 4) is 0 Å². The molecular weight excluding hydrogens is 464 g/mol. The van der Waals surface area contributed by atoms with Gasteiger partial charge in [-0.3, -0.25) is 13.2 Å². The van der Waals surface area contributed by atoms with E-state index in [0.29, 0.717) is 0 Å². The van der Waals surface area contributed by atoms with Crippen LogP contribution in [0.15, 0.2) is 0 Å². The summed E-state index contributed by atoms with van der Waals surface area (Å²) in [7, 11) is -17.9. The smallest absolute Gasteiger partial charge is 0.790 e. The van der Waals surface area contributed by atoms with Crippen LogP contribution in [0, 0.1) is 0 Å². The van der Waals surface area contributed by atoms with E-state index in [0.717, 1.165) is 0 Å². The standard InChI is InChI=1S/5Na.H5O10P3.6H2O/c;;;;;1-11(2,3)9-13(7,8)10-12(4,5)6;;;;;;/h;;;;;(H,7,8)(H2,1,2,3)(H2,4,5,6);6*1H2/q5*+1;;;;;;;/p-5. The van der Waals surface area contributed by atoms with Gasteiger partial charge < -0.3 is 66.5 Å². The van der Waals surface area contributed by atoms with Gasteiger partial charge in [0.25, 0.3) is 7.82 Å². The van der Waals surface area contributed by atoms with E-state index in [4.69, 9.17) is 0 Å². The van der Waals surface area contributed by atoms with Crippen molar-refractivity contribution in [2.75, 3.05) is 0 Å². The first-order valence-electron chi connectivity index (χ1n) is 2.19. The molecule has 0 amide bonds. The third-order valence-electron chi connectivity index (χ3n) is 0.400. The summed E-state index contributed by atoms with van der Waals surface area (Å²) in [6, 6.07) is 0. The van der Waals surface area contributed by atoms with Crippen LogP contribution in [0.2, 0.25) is 0 Å². The summed E-state index contributed by atoms with van der Waals surface area (Å²) in [5, 5.41) is 0. The Bertz CT molecular complexity index is 292. The van der Waals surface area contributed by atoms with Gasteiger partial charge in [0, 0.05) is 0 Å². The summed E-state index contributed by atoms with van der Waals surface area (Å²) >= 11 is 0. The van der Waals surface area contributed by atoms with Crippen molar-refractivity contribution in [1.82, 2.24) is 0 Å². The Labute approximate surface area is 246 Å². The third-order valence-corrected chi connectivity index (χ3v) is 3.60. The van der Waals surface area contributed by atoms with Crippen LogP contribution in [0.3, 0.4) is 0 Å². The maximum atomic E-state index is 10.1. The van der Waals surface area contributed by atoms with Gasteiger partial charge in [-0.25, -0.2) is 0 Å². The Hall–Kier alpha value is 5.17. The van der Waals surface area contributed by atoms with Gasteiger partial charge in [-0.05, 0) is 0 Å². The second-order valence-electron chi connectivity index (χ2n) is 1.50. The van der Waals surface area contributed by atoms with Crippen molar-refractivity contribution in [3.05, 3.63) is 0 Å². The zero-order chi connectivity index (χ0) is 10.9. The molecule has 0 rings (SSSR count). The molecule has 0 aliphatic carbocycles. The molecule has 0 radical (unpaired) electrons. The molecule has 0 saturated carbocycles. The van der Waals surface area contributed by atoms with Crippen LogP contribution < -0.4 is 172 Å². The molecule has 24 heavy (non-hydrogen) atoms. The van der Waals surface area contributed by atoms with Crippen LogP contribution in [0.4, 0.5) is 0 Å². The van der Waals surface area contributed by atoms with Gasteiger partial charge in [-0.2, -0.15) is 0 Å². The van der Waals surface area contributed by atoms with E-state index < -0.39 is 23.5 Å². The number of rotatable bonds is 4. The van der Waals surface area contributed by atoms with Crippen molar-refractivity contribution < 1.29 is 227 Å². The van der Waals surface area contributed by atoms with Crippen molar-refractivity contribution in [2.45, 2.75) is 0 Å². The van der Waals surface area contributed by atoms with Gasteiger partial charge >= 0.3 is 148 Å². The van der Waals surface area contributed by atoms with E-state index in [2.05, 4.69) is 8.62 Å². The minimum Gasteiger partial charge on any atom is -0.790 e. The molecule has 0 unspecified atom stereocenters. The van der Waals surface area contributed by atoms with Crippen LogP contribution >= 0.6 is 23.5 Å². The maximum absolute atomic E-state index is 10.1. The number of phosphoric acid groups is 3. The SMILES string of the molecule is O.O.O.O.O.O.O=P([O-])([O-])OP(=O)([O-])OP(=O)([O-])[O-].[Na+].[Na+].[Na+].[Na+].[Na+]. The van der Waals surface area contributed by atoms with Gasteiger partial charge in [0.15, 0.2) is 0 Å². The summed E-state index contributed by atoms with van der Waals surface area (Å²) in [5.41, 5.74) is 0. The van der Waals surface area contributed by atoms with E-state index in [-0.39, 0.29) is 181 Å². The van der Waals surface area contributed by atoms with E-state index >= 15 is 0 Å². The molecule has 0 saturated heterocycles. The molecule has 0 aromatic rings. The molecule has 0 bridgehead atoms. The predicted octanol–water partition coefficient (Wildman–Crippen LogP) is -23.8. The summed E-state index contributed by atoms with van der Waals surface area (Å²) in [6.07, 6.45) is 0. The fraction of sp³-hybridized carbons (Fsp3) is 0. The fourth-order valence-corrected chi connectivity index (χ4v) is 2.61. The normalized spacial score (nSPS) is 7.88. The Morgan fingerprint density at radius 2 is 0.583 bits per heavy atom.